The van der Waals surface area contributed by atoms with E-state index in [9.17, 15) is 0 Å². The predicted molar refractivity (Wildman–Crippen MR) is 61.9 cm³/mol. The SMILES string of the molecule is Bc1c(C)c(OC)c(C)c(OC)c1C. The van der Waals surface area contributed by atoms with Crippen LogP contribution in [-0.2, 0) is 0 Å². The van der Waals surface area contributed by atoms with Crippen LogP contribution < -0.4 is 14.9 Å². The van der Waals surface area contributed by atoms with Gasteiger partial charge in [0.15, 0.2) is 0 Å². The molecule has 0 aliphatic carbocycles. The van der Waals surface area contributed by atoms with Gasteiger partial charge in [-0.05, 0) is 31.9 Å². The van der Waals surface area contributed by atoms with Crippen molar-refractivity contribution in [1.29, 1.82) is 0 Å². The fourth-order valence-corrected chi connectivity index (χ4v) is 1.90. The van der Waals surface area contributed by atoms with E-state index in [0.29, 0.717) is 0 Å². The van der Waals surface area contributed by atoms with Gasteiger partial charge in [0.25, 0.3) is 0 Å². The summed E-state index contributed by atoms with van der Waals surface area (Å²) in [4.78, 5) is 0. The highest BCUT2D eigenvalue weighted by molar-refractivity contribution is 6.35. The van der Waals surface area contributed by atoms with E-state index in [-0.39, 0.29) is 0 Å². The highest BCUT2D eigenvalue weighted by atomic mass is 16.5. The van der Waals surface area contributed by atoms with Crippen LogP contribution in [0.1, 0.15) is 16.7 Å². The molecule has 2 nitrogen and oxygen atoms in total. The summed E-state index contributed by atoms with van der Waals surface area (Å²) in [6.07, 6.45) is 0. The zero-order valence-corrected chi connectivity index (χ0v) is 9.82. The Morgan fingerprint density at radius 1 is 0.786 bits per heavy atom. The van der Waals surface area contributed by atoms with Crippen LogP contribution in [0.3, 0.4) is 0 Å². The summed E-state index contributed by atoms with van der Waals surface area (Å²) in [5, 5.41) is 0. The van der Waals surface area contributed by atoms with Crippen LogP contribution in [0.4, 0.5) is 0 Å². The van der Waals surface area contributed by atoms with Crippen LogP contribution in [0.25, 0.3) is 0 Å². The molecule has 0 atom stereocenters. The van der Waals surface area contributed by atoms with Gasteiger partial charge in [0, 0.05) is 5.56 Å². The molecule has 0 N–H and O–H groups in total. The molecule has 3 heteroatoms. The molecule has 0 fully saturated rings. The standard InChI is InChI=1S/C11H17BO2/c1-6-9(12)7(2)11(14-5)8(3)10(6)13-4/h12H2,1-5H3. The van der Waals surface area contributed by atoms with E-state index in [0.717, 1.165) is 17.1 Å². The van der Waals surface area contributed by atoms with Crippen LogP contribution >= 0.6 is 0 Å². The molecule has 76 valence electrons. The van der Waals surface area contributed by atoms with E-state index in [1.807, 2.05) is 6.92 Å². The van der Waals surface area contributed by atoms with Crippen molar-refractivity contribution in [3.8, 4) is 11.5 Å². The number of rotatable bonds is 2. The Morgan fingerprint density at radius 2 is 1.14 bits per heavy atom. The quantitative estimate of drug-likeness (QED) is 0.647. The minimum atomic E-state index is 0.935. The number of hydrogen-bond donors (Lipinski definition) is 0. The van der Waals surface area contributed by atoms with E-state index in [1.54, 1.807) is 14.2 Å². The van der Waals surface area contributed by atoms with Crippen molar-refractivity contribution in [2.45, 2.75) is 20.8 Å². The molecule has 0 amide bonds. The zero-order chi connectivity index (χ0) is 10.9. The van der Waals surface area contributed by atoms with Gasteiger partial charge in [-0.2, -0.15) is 0 Å². The van der Waals surface area contributed by atoms with Gasteiger partial charge >= 0.3 is 0 Å². The molecule has 14 heavy (non-hydrogen) atoms. The lowest BCUT2D eigenvalue weighted by Crippen LogP contribution is -2.15. The summed E-state index contributed by atoms with van der Waals surface area (Å²) in [5.74, 6) is 1.87. The minimum Gasteiger partial charge on any atom is -0.496 e. The van der Waals surface area contributed by atoms with Gasteiger partial charge in [-0.3, -0.25) is 0 Å². The highest BCUT2D eigenvalue weighted by Crippen LogP contribution is 2.32. The van der Waals surface area contributed by atoms with Crippen LogP contribution in [-0.4, -0.2) is 22.1 Å². The Bertz CT molecular complexity index is 328. The summed E-state index contributed by atoms with van der Waals surface area (Å²) in [6.45, 7) is 6.18. The van der Waals surface area contributed by atoms with E-state index in [1.165, 1.54) is 16.6 Å². The number of benzene rings is 1. The van der Waals surface area contributed by atoms with Crippen molar-refractivity contribution >= 4 is 13.3 Å². The van der Waals surface area contributed by atoms with E-state index >= 15 is 0 Å². The molecule has 0 aromatic heterocycles. The molecule has 0 saturated heterocycles. The fourth-order valence-electron chi connectivity index (χ4n) is 1.90. The van der Waals surface area contributed by atoms with Crippen LogP contribution in [0.15, 0.2) is 0 Å². The van der Waals surface area contributed by atoms with Gasteiger partial charge in [0.05, 0.1) is 14.2 Å². The Kier molecular flexibility index (Phi) is 3.09. The third kappa shape index (κ3) is 1.47. The minimum absolute atomic E-state index is 0.935. The van der Waals surface area contributed by atoms with Gasteiger partial charge in [0.2, 0.25) is 0 Å². The smallest absolute Gasteiger partial charge is 0.140 e. The van der Waals surface area contributed by atoms with Crippen molar-refractivity contribution in [1.82, 2.24) is 0 Å². The topological polar surface area (TPSA) is 18.5 Å². The van der Waals surface area contributed by atoms with Gasteiger partial charge in [0.1, 0.15) is 19.3 Å². The Hall–Kier alpha value is -1.12. The van der Waals surface area contributed by atoms with Gasteiger partial charge in [-0.25, -0.2) is 0 Å². The molecule has 1 aromatic rings. The number of ether oxygens (including phenoxy) is 2. The lowest BCUT2D eigenvalue weighted by Gasteiger charge is -2.18. The second kappa shape index (κ2) is 3.95. The van der Waals surface area contributed by atoms with Crippen molar-refractivity contribution in [3.05, 3.63) is 16.7 Å². The maximum Gasteiger partial charge on any atom is 0.140 e. The molecule has 0 heterocycles. The first-order chi connectivity index (χ1) is 6.54. The van der Waals surface area contributed by atoms with E-state index < -0.39 is 0 Å². The molecule has 0 radical (unpaired) electrons. The Morgan fingerprint density at radius 3 is 1.43 bits per heavy atom. The first kappa shape index (κ1) is 11.0. The van der Waals surface area contributed by atoms with Gasteiger partial charge in [-0.15, -0.1) is 0 Å². The molecule has 0 aliphatic heterocycles. The second-order valence-corrected chi connectivity index (χ2v) is 3.57. The van der Waals surface area contributed by atoms with Crippen LogP contribution in [0, 0.1) is 20.8 Å². The average molecular weight is 192 g/mol. The molecule has 0 aliphatic rings. The van der Waals surface area contributed by atoms with Crippen LogP contribution in [0.2, 0.25) is 0 Å². The second-order valence-electron chi connectivity index (χ2n) is 3.57. The molecule has 0 unspecified atom stereocenters. The molecule has 0 saturated carbocycles. The lowest BCUT2D eigenvalue weighted by molar-refractivity contribution is 0.385. The normalized spacial score (nSPS) is 10.1. The zero-order valence-electron chi connectivity index (χ0n) is 9.82. The number of methoxy groups -OCH3 is 2. The third-order valence-corrected chi connectivity index (χ3v) is 2.90. The van der Waals surface area contributed by atoms with Crippen LogP contribution in [0.5, 0.6) is 11.5 Å². The maximum absolute atomic E-state index is 5.37. The monoisotopic (exact) mass is 192 g/mol. The summed E-state index contributed by atoms with van der Waals surface area (Å²) in [5.41, 5.74) is 4.71. The van der Waals surface area contributed by atoms with Crippen molar-refractivity contribution < 1.29 is 9.47 Å². The summed E-state index contributed by atoms with van der Waals surface area (Å²) in [6, 6.07) is 0. The summed E-state index contributed by atoms with van der Waals surface area (Å²) in [7, 11) is 5.49. The average Bonchev–Trinajstić information content (AvgIpc) is 2.16. The summed E-state index contributed by atoms with van der Waals surface area (Å²) < 4.78 is 10.7. The Balaban J connectivity index is 3.56. The molecular weight excluding hydrogens is 175 g/mol. The highest BCUT2D eigenvalue weighted by Gasteiger charge is 2.14. The fraction of sp³-hybridized carbons (Fsp3) is 0.455. The van der Waals surface area contributed by atoms with Crippen molar-refractivity contribution in [2.75, 3.05) is 14.2 Å². The molecule has 1 aromatic carbocycles. The Labute approximate surface area is 86.6 Å². The van der Waals surface area contributed by atoms with Gasteiger partial charge < -0.3 is 9.47 Å². The van der Waals surface area contributed by atoms with Crippen molar-refractivity contribution in [3.63, 3.8) is 0 Å². The molecule has 1 rings (SSSR count). The molecular formula is C11H17BO2. The molecule has 0 bridgehead atoms. The first-order valence-corrected chi connectivity index (χ1v) is 4.72. The first-order valence-electron chi connectivity index (χ1n) is 4.72. The predicted octanol–water partition coefficient (Wildman–Crippen LogP) is 0.887. The maximum atomic E-state index is 5.37. The van der Waals surface area contributed by atoms with Crippen molar-refractivity contribution in [2.24, 2.45) is 0 Å². The third-order valence-electron chi connectivity index (χ3n) is 2.90. The van der Waals surface area contributed by atoms with E-state index in [4.69, 9.17) is 9.47 Å². The van der Waals surface area contributed by atoms with E-state index in [2.05, 4.69) is 21.7 Å². The number of hydrogen-bond acceptors (Lipinski definition) is 2. The largest absolute Gasteiger partial charge is 0.496 e. The lowest BCUT2D eigenvalue weighted by atomic mass is 9.84. The summed E-state index contributed by atoms with van der Waals surface area (Å²) >= 11 is 0. The van der Waals surface area contributed by atoms with Gasteiger partial charge in [-0.1, -0.05) is 5.46 Å². The molecule has 0 spiro atoms.